The monoisotopic (exact) mass is 411 g/mol. The van der Waals surface area contributed by atoms with E-state index in [0.29, 0.717) is 11.3 Å². The molecule has 1 fully saturated rings. The predicted octanol–water partition coefficient (Wildman–Crippen LogP) is 2.24. The van der Waals surface area contributed by atoms with Crippen LogP contribution in [0.1, 0.15) is 11.1 Å². The number of urea groups is 1. The Bertz CT molecular complexity index is 1010. The number of nitrogens with zero attached hydrogens (tertiary/aromatic N) is 2. The normalized spacial score (nSPS) is 14.6. The maximum atomic E-state index is 12.3. The standard InChI is InChI=1S/C20H17N3O7/c1-29-18(24)11-22-19(25)17(21-20(22)26)10-13-4-8-16(9-5-13)30-12-14-2-6-15(7-3-14)23(27)28/h2-10H,11-12H2,1H3,(H,21,26)/b17-10+. The van der Waals surface area contributed by atoms with E-state index in [1.165, 1.54) is 25.3 Å². The smallest absolute Gasteiger partial charge is 0.329 e. The third kappa shape index (κ3) is 4.79. The summed E-state index contributed by atoms with van der Waals surface area (Å²) in [7, 11) is 1.17. The quantitative estimate of drug-likeness (QED) is 0.243. The van der Waals surface area contributed by atoms with Gasteiger partial charge in [0.1, 0.15) is 24.6 Å². The van der Waals surface area contributed by atoms with E-state index in [2.05, 4.69) is 10.1 Å². The number of imide groups is 1. The number of carbonyl (C=O) groups excluding carboxylic acids is 3. The Hall–Kier alpha value is -4.21. The van der Waals surface area contributed by atoms with Gasteiger partial charge in [0, 0.05) is 12.1 Å². The number of benzene rings is 2. The van der Waals surface area contributed by atoms with E-state index in [1.807, 2.05) is 0 Å². The molecular weight excluding hydrogens is 394 g/mol. The van der Waals surface area contributed by atoms with Crippen molar-refractivity contribution in [1.82, 2.24) is 10.2 Å². The summed E-state index contributed by atoms with van der Waals surface area (Å²) in [6.07, 6.45) is 1.48. The number of ether oxygens (including phenoxy) is 2. The Morgan fingerprint density at radius 3 is 2.40 bits per heavy atom. The van der Waals surface area contributed by atoms with Crippen molar-refractivity contribution in [3.8, 4) is 5.75 Å². The Morgan fingerprint density at radius 1 is 1.13 bits per heavy atom. The zero-order valence-corrected chi connectivity index (χ0v) is 15.9. The minimum absolute atomic E-state index is 0.00911. The zero-order valence-electron chi connectivity index (χ0n) is 15.9. The number of hydrogen-bond acceptors (Lipinski definition) is 7. The van der Waals surface area contributed by atoms with E-state index < -0.39 is 29.4 Å². The van der Waals surface area contributed by atoms with Crippen LogP contribution in [0.15, 0.2) is 54.2 Å². The number of methoxy groups -OCH3 is 1. The van der Waals surface area contributed by atoms with Gasteiger partial charge in [0.05, 0.1) is 12.0 Å². The van der Waals surface area contributed by atoms with E-state index in [4.69, 9.17) is 4.74 Å². The van der Waals surface area contributed by atoms with Gasteiger partial charge in [-0.05, 0) is 41.5 Å². The number of rotatable bonds is 7. The van der Waals surface area contributed by atoms with Gasteiger partial charge in [-0.1, -0.05) is 12.1 Å². The molecule has 3 amide bonds. The summed E-state index contributed by atoms with van der Waals surface area (Å²) in [6, 6.07) is 12.1. The number of nitro benzene ring substituents is 1. The Kier molecular flexibility index (Phi) is 6.06. The predicted molar refractivity (Wildman–Crippen MR) is 104 cm³/mol. The van der Waals surface area contributed by atoms with Crippen molar-refractivity contribution in [2.24, 2.45) is 0 Å². The molecular formula is C20H17N3O7. The van der Waals surface area contributed by atoms with Crippen molar-refractivity contribution < 1.29 is 28.8 Å². The van der Waals surface area contributed by atoms with Crippen LogP contribution in [0.5, 0.6) is 5.75 Å². The van der Waals surface area contributed by atoms with E-state index >= 15 is 0 Å². The highest BCUT2D eigenvalue weighted by Crippen LogP contribution is 2.19. The van der Waals surface area contributed by atoms with Crippen molar-refractivity contribution in [2.45, 2.75) is 6.61 Å². The van der Waals surface area contributed by atoms with Crippen LogP contribution in [-0.4, -0.2) is 41.4 Å². The van der Waals surface area contributed by atoms with Gasteiger partial charge in [-0.3, -0.25) is 19.7 Å². The van der Waals surface area contributed by atoms with Gasteiger partial charge in [-0.2, -0.15) is 0 Å². The highest BCUT2D eigenvalue weighted by Gasteiger charge is 2.35. The largest absolute Gasteiger partial charge is 0.489 e. The first-order valence-electron chi connectivity index (χ1n) is 8.75. The van der Waals surface area contributed by atoms with Crippen molar-refractivity contribution in [3.05, 3.63) is 75.5 Å². The molecule has 2 aromatic rings. The number of esters is 1. The van der Waals surface area contributed by atoms with Crippen LogP contribution in [0.25, 0.3) is 6.08 Å². The van der Waals surface area contributed by atoms with E-state index in [-0.39, 0.29) is 18.0 Å². The van der Waals surface area contributed by atoms with Crippen LogP contribution < -0.4 is 10.1 Å². The molecule has 0 bridgehead atoms. The van der Waals surface area contributed by atoms with Crippen LogP contribution in [0.2, 0.25) is 0 Å². The molecule has 0 aliphatic carbocycles. The van der Waals surface area contributed by atoms with Crippen LogP contribution in [0, 0.1) is 10.1 Å². The second-order valence-corrected chi connectivity index (χ2v) is 6.24. The molecule has 10 nitrogen and oxygen atoms in total. The topological polar surface area (TPSA) is 128 Å². The van der Waals surface area contributed by atoms with Gasteiger partial charge >= 0.3 is 12.0 Å². The molecule has 0 saturated carbocycles. The van der Waals surface area contributed by atoms with Gasteiger partial charge in [0.15, 0.2) is 0 Å². The summed E-state index contributed by atoms with van der Waals surface area (Å²) in [6.45, 7) is -0.233. The van der Waals surface area contributed by atoms with Crippen LogP contribution in [0.4, 0.5) is 10.5 Å². The molecule has 1 aliphatic heterocycles. The van der Waals surface area contributed by atoms with Gasteiger partial charge in [-0.25, -0.2) is 9.69 Å². The first-order chi connectivity index (χ1) is 14.4. The molecule has 0 aromatic heterocycles. The maximum absolute atomic E-state index is 12.3. The molecule has 10 heteroatoms. The second-order valence-electron chi connectivity index (χ2n) is 6.24. The molecule has 2 aromatic carbocycles. The Morgan fingerprint density at radius 2 is 1.80 bits per heavy atom. The minimum Gasteiger partial charge on any atom is -0.489 e. The number of amides is 3. The average molecular weight is 411 g/mol. The molecule has 0 spiro atoms. The number of hydrogen-bond donors (Lipinski definition) is 1. The summed E-state index contributed by atoms with van der Waals surface area (Å²) in [5, 5.41) is 13.1. The van der Waals surface area contributed by atoms with Crippen molar-refractivity contribution in [1.29, 1.82) is 0 Å². The van der Waals surface area contributed by atoms with Gasteiger partial charge in [0.25, 0.3) is 11.6 Å². The molecule has 1 heterocycles. The van der Waals surface area contributed by atoms with Crippen LogP contribution in [-0.2, 0) is 20.9 Å². The first-order valence-corrected chi connectivity index (χ1v) is 8.75. The van der Waals surface area contributed by atoms with E-state index in [9.17, 15) is 24.5 Å². The van der Waals surface area contributed by atoms with Gasteiger partial charge in [-0.15, -0.1) is 0 Å². The summed E-state index contributed by atoms with van der Waals surface area (Å²) < 4.78 is 10.1. The molecule has 3 rings (SSSR count). The first kappa shape index (κ1) is 20.5. The summed E-state index contributed by atoms with van der Waals surface area (Å²) >= 11 is 0. The third-order valence-corrected chi connectivity index (χ3v) is 4.22. The van der Waals surface area contributed by atoms with E-state index in [0.717, 1.165) is 10.5 Å². The summed E-state index contributed by atoms with van der Waals surface area (Å²) in [4.78, 5) is 46.4. The highest BCUT2D eigenvalue weighted by molar-refractivity contribution is 6.15. The average Bonchev–Trinajstić information content (AvgIpc) is 3.00. The maximum Gasteiger partial charge on any atom is 0.329 e. The Balaban J connectivity index is 1.61. The molecule has 0 unspecified atom stereocenters. The summed E-state index contributed by atoms with van der Waals surface area (Å²) in [5.41, 5.74) is 1.47. The number of nitrogens with one attached hydrogen (secondary N) is 1. The van der Waals surface area contributed by atoms with Crippen LogP contribution >= 0.6 is 0 Å². The van der Waals surface area contributed by atoms with E-state index in [1.54, 1.807) is 36.4 Å². The lowest BCUT2D eigenvalue weighted by atomic mass is 10.2. The minimum atomic E-state index is -0.700. The molecule has 0 atom stereocenters. The SMILES string of the molecule is COC(=O)CN1C(=O)N/C(=C/c2ccc(OCc3ccc([N+](=O)[O-])cc3)cc2)C1=O. The van der Waals surface area contributed by atoms with Crippen molar-refractivity contribution >= 4 is 29.7 Å². The van der Waals surface area contributed by atoms with Gasteiger partial charge in [0.2, 0.25) is 0 Å². The zero-order chi connectivity index (χ0) is 21.7. The number of carbonyl (C=O) groups is 3. The van der Waals surface area contributed by atoms with Crippen LogP contribution in [0.3, 0.4) is 0 Å². The number of nitro groups is 1. The highest BCUT2D eigenvalue weighted by atomic mass is 16.6. The molecule has 1 N–H and O–H groups in total. The molecule has 154 valence electrons. The van der Waals surface area contributed by atoms with Gasteiger partial charge < -0.3 is 14.8 Å². The third-order valence-electron chi connectivity index (χ3n) is 4.22. The fourth-order valence-corrected chi connectivity index (χ4v) is 2.62. The fraction of sp³-hybridized carbons (Fsp3) is 0.150. The summed E-state index contributed by atoms with van der Waals surface area (Å²) in [5.74, 6) is -0.761. The lowest BCUT2D eigenvalue weighted by molar-refractivity contribution is -0.384. The molecule has 0 radical (unpaired) electrons. The molecule has 1 aliphatic rings. The molecule has 30 heavy (non-hydrogen) atoms. The number of non-ortho nitro benzene ring substituents is 1. The fourth-order valence-electron chi connectivity index (χ4n) is 2.62. The van der Waals surface area contributed by atoms with Crippen molar-refractivity contribution in [2.75, 3.05) is 13.7 Å². The second kappa shape index (κ2) is 8.86. The lowest BCUT2D eigenvalue weighted by Gasteiger charge is -2.09. The lowest BCUT2D eigenvalue weighted by Crippen LogP contribution is -2.36. The Labute approximate surface area is 170 Å². The molecule has 1 saturated heterocycles. The van der Waals surface area contributed by atoms with Crippen molar-refractivity contribution in [3.63, 3.8) is 0 Å².